The first-order valence-corrected chi connectivity index (χ1v) is 7.36. The highest BCUT2D eigenvalue weighted by atomic mass is 35.5. The fourth-order valence-corrected chi connectivity index (χ4v) is 2.55. The Kier molecular flexibility index (Phi) is 5.73. The Morgan fingerprint density at radius 1 is 1.35 bits per heavy atom. The summed E-state index contributed by atoms with van der Waals surface area (Å²) in [5, 5.41) is 2.79. The van der Waals surface area contributed by atoms with Gasteiger partial charge in [-0.15, -0.1) is 0 Å². The number of amides is 1. The molecule has 0 radical (unpaired) electrons. The molecule has 1 saturated heterocycles. The number of aromatic nitrogens is 1. The van der Waals surface area contributed by atoms with Gasteiger partial charge in [-0.25, -0.2) is 9.37 Å². The number of likely N-dealkylation sites (tertiary alicyclic amines) is 1. The molecule has 0 spiro atoms. The van der Waals surface area contributed by atoms with Gasteiger partial charge < -0.3 is 10.2 Å². The van der Waals surface area contributed by atoms with E-state index in [0.29, 0.717) is 6.54 Å². The van der Waals surface area contributed by atoms with Gasteiger partial charge in [0, 0.05) is 13.1 Å². The van der Waals surface area contributed by atoms with Crippen molar-refractivity contribution in [3.05, 3.63) is 28.8 Å². The number of carbonyl (C=O) groups is 1. The lowest BCUT2D eigenvalue weighted by Gasteiger charge is -2.19. The van der Waals surface area contributed by atoms with Crippen LogP contribution in [0.15, 0.2) is 12.3 Å². The number of hydrogen-bond donors (Lipinski definition) is 1. The first-order chi connectivity index (χ1) is 9.66. The molecule has 0 bridgehead atoms. The number of pyridine rings is 1. The second-order valence-electron chi connectivity index (χ2n) is 5.00. The van der Waals surface area contributed by atoms with E-state index >= 15 is 0 Å². The van der Waals surface area contributed by atoms with Crippen molar-refractivity contribution >= 4 is 17.5 Å². The summed E-state index contributed by atoms with van der Waals surface area (Å²) in [4.78, 5) is 17.9. The van der Waals surface area contributed by atoms with Crippen molar-refractivity contribution < 1.29 is 9.18 Å². The van der Waals surface area contributed by atoms with Crippen molar-refractivity contribution in [3.8, 4) is 0 Å². The second kappa shape index (κ2) is 7.55. The van der Waals surface area contributed by atoms with E-state index in [4.69, 9.17) is 11.6 Å². The van der Waals surface area contributed by atoms with Crippen LogP contribution in [-0.4, -0.2) is 42.0 Å². The van der Waals surface area contributed by atoms with Gasteiger partial charge in [0.1, 0.15) is 11.0 Å². The van der Waals surface area contributed by atoms with E-state index in [9.17, 15) is 9.18 Å². The summed E-state index contributed by atoms with van der Waals surface area (Å²) < 4.78 is 13.1. The number of nitrogens with zero attached hydrogens (tertiary/aromatic N) is 2. The molecular weight excluding hydrogens is 281 g/mol. The minimum atomic E-state index is -0.563. The molecule has 6 heteroatoms. The van der Waals surface area contributed by atoms with Gasteiger partial charge >= 0.3 is 0 Å². The molecular formula is C14H19ClFN3O. The Hall–Kier alpha value is -1.20. The third-order valence-corrected chi connectivity index (χ3v) is 3.76. The molecule has 20 heavy (non-hydrogen) atoms. The maximum absolute atomic E-state index is 13.1. The number of carbonyl (C=O) groups excluding carboxylic acids is 1. The SMILES string of the molecule is O=C(NCCN1CCCCCC1)c1cc(F)cnc1Cl. The summed E-state index contributed by atoms with van der Waals surface area (Å²) in [6.07, 6.45) is 6.00. The lowest BCUT2D eigenvalue weighted by molar-refractivity contribution is 0.0948. The maximum atomic E-state index is 13.1. The molecule has 0 aliphatic carbocycles. The van der Waals surface area contributed by atoms with Gasteiger partial charge in [0.25, 0.3) is 5.91 Å². The largest absolute Gasteiger partial charge is 0.351 e. The smallest absolute Gasteiger partial charge is 0.254 e. The Balaban J connectivity index is 1.81. The van der Waals surface area contributed by atoms with Crippen LogP contribution in [0.5, 0.6) is 0 Å². The topological polar surface area (TPSA) is 45.2 Å². The van der Waals surface area contributed by atoms with Crippen molar-refractivity contribution in [1.29, 1.82) is 0 Å². The van der Waals surface area contributed by atoms with Crippen molar-refractivity contribution in [1.82, 2.24) is 15.2 Å². The van der Waals surface area contributed by atoms with Gasteiger partial charge in [-0.3, -0.25) is 4.79 Å². The molecule has 0 saturated carbocycles. The molecule has 1 aliphatic rings. The molecule has 1 aromatic heterocycles. The minimum Gasteiger partial charge on any atom is -0.351 e. The molecule has 2 heterocycles. The highest BCUT2D eigenvalue weighted by Crippen LogP contribution is 2.13. The van der Waals surface area contributed by atoms with Crippen LogP contribution in [0.25, 0.3) is 0 Å². The summed E-state index contributed by atoms with van der Waals surface area (Å²) in [6.45, 7) is 3.51. The summed E-state index contributed by atoms with van der Waals surface area (Å²) in [5.74, 6) is -0.941. The van der Waals surface area contributed by atoms with Crippen LogP contribution in [0.4, 0.5) is 4.39 Å². The molecule has 110 valence electrons. The molecule has 1 amide bonds. The Morgan fingerprint density at radius 3 is 2.75 bits per heavy atom. The lowest BCUT2D eigenvalue weighted by Crippen LogP contribution is -2.35. The molecule has 2 rings (SSSR count). The van der Waals surface area contributed by atoms with E-state index in [0.717, 1.165) is 31.9 Å². The molecule has 0 unspecified atom stereocenters. The van der Waals surface area contributed by atoms with Crippen LogP contribution in [0, 0.1) is 5.82 Å². The van der Waals surface area contributed by atoms with Gasteiger partial charge in [-0.1, -0.05) is 24.4 Å². The molecule has 4 nitrogen and oxygen atoms in total. The minimum absolute atomic E-state index is 0.0265. The summed E-state index contributed by atoms with van der Waals surface area (Å²) >= 11 is 5.79. The van der Waals surface area contributed by atoms with E-state index < -0.39 is 5.82 Å². The van der Waals surface area contributed by atoms with Gasteiger partial charge in [-0.2, -0.15) is 0 Å². The molecule has 1 N–H and O–H groups in total. The monoisotopic (exact) mass is 299 g/mol. The molecule has 1 fully saturated rings. The van der Waals surface area contributed by atoms with Gasteiger partial charge in [-0.05, 0) is 32.0 Å². The quantitative estimate of drug-likeness (QED) is 0.869. The maximum Gasteiger partial charge on any atom is 0.254 e. The predicted molar refractivity (Wildman–Crippen MR) is 76.4 cm³/mol. The van der Waals surface area contributed by atoms with E-state index in [-0.39, 0.29) is 16.6 Å². The van der Waals surface area contributed by atoms with E-state index in [1.54, 1.807) is 0 Å². The summed E-state index contributed by atoms with van der Waals surface area (Å²) in [5.41, 5.74) is 0.0857. The van der Waals surface area contributed by atoms with Crippen molar-refractivity contribution in [3.63, 3.8) is 0 Å². The molecule has 0 atom stereocenters. The van der Waals surface area contributed by atoms with Crippen molar-refractivity contribution in [2.24, 2.45) is 0 Å². The van der Waals surface area contributed by atoms with Crippen molar-refractivity contribution in [2.75, 3.05) is 26.2 Å². The van der Waals surface area contributed by atoms with Crippen LogP contribution in [-0.2, 0) is 0 Å². The van der Waals surface area contributed by atoms with E-state index in [1.165, 1.54) is 25.7 Å². The van der Waals surface area contributed by atoms with Gasteiger partial charge in [0.05, 0.1) is 11.8 Å². The summed E-state index contributed by atoms with van der Waals surface area (Å²) in [7, 11) is 0. The highest BCUT2D eigenvalue weighted by Gasteiger charge is 2.13. The summed E-state index contributed by atoms with van der Waals surface area (Å²) in [6, 6.07) is 1.11. The first-order valence-electron chi connectivity index (χ1n) is 6.98. The fraction of sp³-hybridized carbons (Fsp3) is 0.571. The van der Waals surface area contributed by atoms with Crippen LogP contribution in [0.1, 0.15) is 36.0 Å². The zero-order chi connectivity index (χ0) is 14.4. The average Bonchev–Trinajstić information content (AvgIpc) is 2.70. The fourth-order valence-electron chi connectivity index (χ4n) is 2.36. The van der Waals surface area contributed by atoms with Crippen LogP contribution >= 0.6 is 11.6 Å². The third kappa shape index (κ3) is 4.42. The Labute approximate surface area is 123 Å². The third-order valence-electron chi connectivity index (χ3n) is 3.46. The molecule has 1 aromatic rings. The normalized spacial score (nSPS) is 16.7. The second-order valence-corrected chi connectivity index (χ2v) is 5.36. The zero-order valence-electron chi connectivity index (χ0n) is 11.4. The van der Waals surface area contributed by atoms with Crippen molar-refractivity contribution in [2.45, 2.75) is 25.7 Å². The zero-order valence-corrected chi connectivity index (χ0v) is 12.1. The van der Waals surface area contributed by atoms with Crippen LogP contribution in [0.3, 0.4) is 0 Å². The first kappa shape index (κ1) is 15.2. The predicted octanol–water partition coefficient (Wildman–Crippen LogP) is 2.48. The Bertz CT molecular complexity index is 462. The number of rotatable bonds is 4. The standard InChI is InChI=1S/C14H19ClFN3O/c15-13-12(9-11(16)10-18-13)14(20)17-5-8-19-6-3-1-2-4-7-19/h9-10H,1-8H2,(H,17,20). The van der Waals surface area contributed by atoms with Crippen LogP contribution in [0.2, 0.25) is 5.15 Å². The van der Waals surface area contributed by atoms with E-state index in [1.807, 2.05) is 0 Å². The van der Waals surface area contributed by atoms with E-state index in [2.05, 4.69) is 15.2 Å². The average molecular weight is 300 g/mol. The molecule has 1 aliphatic heterocycles. The Morgan fingerprint density at radius 2 is 2.05 bits per heavy atom. The van der Waals surface area contributed by atoms with Gasteiger partial charge in [0.15, 0.2) is 0 Å². The highest BCUT2D eigenvalue weighted by molar-refractivity contribution is 6.32. The molecule has 0 aromatic carbocycles. The van der Waals surface area contributed by atoms with Gasteiger partial charge in [0.2, 0.25) is 0 Å². The number of nitrogens with one attached hydrogen (secondary N) is 1. The van der Waals surface area contributed by atoms with Crippen LogP contribution < -0.4 is 5.32 Å². The lowest BCUT2D eigenvalue weighted by atomic mass is 10.2. The number of hydrogen-bond acceptors (Lipinski definition) is 3. The number of halogens is 2.